The molecule has 0 radical (unpaired) electrons. The molecule has 1 aliphatic rings. The first-order chi connectivity index (χ1) is 10.8. The van der Waals surface area contributed by atoms with Crippen LogP contribution in [-0.2, 0) is 6.54 Å². The van der Waals surface area contributed by atoms with Crippen molar-refractivity contribution in [2.45, 2.75) is 25.4 Å². The van der Waals surface area contributed by atoms with Crippen LogP contribution >= 0.6 is 0 Å². The smallest absolute Gasteiger partial charge is 0.161 e. The average molecular weight is 297 g/mol. The van der Waals surface area contributed by atoms with Gasteiger partial charge in [-0.1, -0.05) is 36.4 Å². The SMILES string of the molecule is COc1ccc([C@@H]2CCCN2Cc2ccccc2)cc1OC. The molecule has 0 N–H and O–H groups in total. The summed E-state index contributed by atoms with van der Waals surface area (Å²) in [5.74, 6) is 1.60. The molecule has 2 aromatic carbocycles. The van der Waals surface area contributed by atoms with Crippen molar-refractivity contribution in [3.8, 4) is 11.5 Å². The molecule has 0 saturated carbocycles. The quantitative estimate of drug-likeness (QED) is 0.831. The van der Waals surface area contributed by atoms with E-state index in [2.05, 4.69) is 47.4 Å². The van der Waals surface area contributed by atoms with E-state index in [4.69, 9.17) is 9.47 Å². The summed E-state index contributed by atoms with van der Waals surface area (Å²) >= 11 is 0. The van der Waals surface area contributed by atoms with Gasteiger partial charge in [0, 0.05) is 12.6 Å². The number of hydrogen-bond acceptors (Lipinski definition) is 3. The van der Waals surface area contributed by atoms with Gasteiger partial charge in [0.15, 0.2) is 11.5 Å². The van der Waals surface area contributed by atoms with E-state index in [0.29, 0.717) is 6.04 Å². The average Bonchev–Trinajstić information content (AvgIpc) is 3.03. The van der Waals surface area contributed by atoms with Crippen molar-refractivity contribution in [1.82, 2.24) is 4.90 Å². The fourth-order valence-corrected chi connectivity index (χ4v) is 3.27. The van der Waals surface area contributed by atoms with Crippen molar-refractivity contribution in [3.63, 3.8) is 0 Å². The Hall–Kier alpha value is -2.00. The second-order valence-corrected chi connectivity index (χ2v) is 5.73. The third kappa shape index (κ3) is 3.09. The Kier molecular flexibility index (Phi) is 4.64. The summed E-state index contributed by atoms with van der Waals surface area (Å²) in [6, 6.07) is 17.4. The molecule has 22 heavy (non-hydrogen) atoms. The first-order valence-electron chi connectivity index (χ1n) is 7.81. The molecule has 3 nitrogen and oxygen atoms in total. The van der Waals surface area contributed by atoms with Gasteiger partial charge < -0.3 is 9.47 Å². The predicted octanol–water partition coefficient (Wildman–Crippen LogP) is 4.04. The van der Waals surface area contributed by atoms with Gasteiger partial charge in [-0.2, -0.15) is 0 Å². The van der Waals surface area contributed by atoms with Crippen LogP contribution in [0.1, 0.15) is 30.0 Å². The van der Waals surface area contributed by atoms with Crippen molar-refractivity contribution in [2.75, 3.05) is 20.8 Å². The molecule has 0 aromatic heterocycles. The van der Waals surface area contributed by atoms with Gasteiger partial charge in [-0.25, -0.2) is 0 Å². The molecule has 2 aromatic rings. The first-order valence-corrected chi connectivity index (χ1v) is 7.81. The maximum absolute atomic E-state index is 5.45. The van der Waals surface area contributed by atoms with Crippen molar-refractivity contribution >= 4 is 0 Å². The molecule has 1 atom stereocenters. The van der Waals surface area contributed by atoms with Crippen LogP contribution in [0.4, 0.5) is 0 Å². The van der Waals surface area contributed by atoms with Gasteiger partial charge >= 0.3 is 0 Å². The zero-order valence-electron chi connectivity index (χ0n) is 13.3. The lowest BCUT2D eigenvalue weighted by Crippen LogP contribution is -2.22. The number of nitrogens with zero attached hydrogens (tertiary/aromatic N) is 1. The fourth-order valence-electron chi connectivity index (χ4n) is 3.27. The Morgan fingerprint density at radius 2 is 1.77 bits per heavy atom. The summed E-state index contributed by atoms with van der Waals surface area (Å²) in [5.41, 5.74) is 2.68. The van der Waals surface area contributed by atoms with E-state index in [1.165, 1.54) is 24.0 Å². The highest BCUT2D eigenvalue weighted by Crippen LogP contribution is 2.37. The Morgan fingerprint density at radius 1 is 1.00 bits per heavy atom. The van der Waals surface area contributed by atoms with Crippen LogP contribution in [-0.4, -0.2) is 25.7 Å². The van der Waals surface area contributed by atoms with Gasteiger partial charge in [-0.3, -0.25) is 4.90 Å². The molecule has 3 rings (SSSR count). The summed E-state index contributed by atoms with van der Waals surface area (Å²) in [6.45, 7) is 2.15. The normalized spacial score (nSPS) is 18.4. The van der Waals surface area contributed by atoms with Gasteiger partial charge in [0.2, 0.25) is 0 Å². The number of ether oxygens (including phenoxy) is 2. The zero-order chi connectivity index (χ0) is 15.4. The van der Waals surface area contributed by atoms with Crippen molar-refractivity contribution in [2.24, 2.45) is 0 Å². The van der Waals surface area contributed by atoms with Crippen LogP contribution in [0.2, 0.25) is 0 Å². The lowest BCUT2D eigenvalue weighted by Gasteiger charge is -2.25. The molecule has 0 aliphatic carbocycles. The van der Waals surface area contributed by atoms with Crippen molar-refractivity contribution in [1.29, 1.82) is 0 Å². The first kappa shape index (κ1) is 14.9. The van der Waals surface area contributed by atoms with Gasteiger partial charge in [0.05, 0.1) is 14.2 Å². The van der Waals surface area contributed by atoms with E-state index in [9.17, 15) is 0 Å². The number of hydrogen-bond donors (Lipinski definition) is 0. The number of benzene rings is 2. The molecule has 1 saturated heterocycles. The second kappa shape index (κ2) is 6.84. The van der Waals surface area contributed by atoms with Crippen LogP contribution in [0.15, 0.2) is 48.5 Å². The molecule has 0 bridgehead atoms. The van der Waals surface area contributed by atoms with E-state index < -0.39 is 0 Å². The molecule has 1 fully saturated rings. The fraction of sp³-hybridized carbons (Fsp3) is 0.368. The van der Waals surface area contributed by atoms with Crippen molar-refractivity contribution in [3.05, 3.63) is 59.7 Å². The van der Waals surface area contributed by atoms with Crippen molar-refractivity contribution < 1.29 is 9.47 Å². The van der Waals surface area contributed by atoms with E-state index in [1.54, 1.807) is 14.2 Å². The molecule has 1 heterocycles. The number of rotatable bonds is 5. The molecule has 1 aliphatic heterocycles. The van der Waals surface area contributed by atoms with Crippen LogP contribution in [0.25, 0.3) is 0 Å². The topological polar surface area (TPSA) is 21.7 Å². The van der Waals surface area contributed by atoms with Crippen LogP contribution in [0, 0.1) is 0 Å². The van der Waals surface area contributed by atoms with E-state index in [1.807, 2.05) is 6.07 Å². The van der Waals surface area contributed by atoms with Gasteiger partial charge in [0.25, 0.3) is 0 Å². The van der Waals surface area contributed by atoms with E-state index in [0.717, 1.165) is 24.6 Å². The predicted molar refractivity (Wildman–Crippen MR) is 88.4 cm³/mol. The Bertz CT molecular complexity index is 612. The Morgan fingerprint density at radius 3 is 2.50 bits per heavy atom. The lowest BCUT2D eigenvalue weighted by molar-refractivity contribution is 0.247. The largest absolute Gasteiger partial charge is 0.493 e. The number of likely N-dealkylation sites (tertiary alicyclic amines) is 1. The summed E-state index contributed by atoms with van der Waals surface area (Å²) < 4.78 is 10.8. The molecule has 0 amide bonds. The Labute approximate surface area is 132 Å². The summed E-state index contributed by atoms with van der Waals surface area (Å²) in [4.78, 5) is 2.55. The summed E-state index contributed by atoms with van der Waals surface area (Å²) in [6.07, 6.45) is 2.44. The maximum atomic E-state index is 5.45. The monoisotopic (exact) mass is 297 g/mol. The number of methoxy groups -OCH3 is 2. The molecule has 3 heteroatoms. The minimum atomic E-state index is 0.458. The molecule has 0 spiro atoms. The Balaban J connectivity index is 1.81. The van der Waals surface area contributed by atoms with Crippen LogP contribution in [0.5, 0.6) is 11.5 Å². The second-order valence-electron chi connectivity index (χ2n) is 5.73. The molecular formula is C19H23NO2. The molecule has 0 unspecified atom stereocenters. The molecule has 116 valence electrons. The van der Waals surface area contributed by atoms with Crippen LogP contribution < -0.4 is 9.47 Å². The van der Waals surface area contributed by atoms with Gasteiger partial charge in [-0.15, -0.1) is 0 Å². The van der Waals surface area contributed by atoms with Gasteiger partial charge in [0.1, 0.15) is 0 Å². The van der Waals surface area contributed by atoms with Gasteiger partial charge in [-0.05, 0) is 42.6 Å². The third-order valence-corrected chi connectivity index (χ3v) is 4.38. The minimum Gasteiger partial charge on any atom is -0.493 e. The highest BCUT2D eigenvalue weighted by Gasteiger charge is 2.26. The van der Waals surface area contributed by atoms with E-state index >= 15 is 0 Å². The third-order valence-electron chi connectivity index (χ3n) is 4.38. The standard InChI is InChI=1S/C19H23NO2/c1-21-18-11-10-16(13-19(18)22-2)17-9-6-12-20(17)14-15-7-4-3-5-8-15/h3-5,7-8,10-11,13,17H,6,9,12,14H2,1-2H3/t17-/m0/s1. The lowest BCUT2D eigenvalue weighted by atomic mass is 10.0. The minimum absolute atomic E-state index is 0.458. The van der Waals surface area contributed by atoms with E-state index in [-0.39, 0.29) is 0 Å². The maximum Gasteiger partial charge on any atom is 0.161 e. The summed E-state index contributed by atoms with van der Waals surface area (Å²) in [7, 11) is 3.37. The van der Waals surface area contributed by atoms with Crippen LogP contribution in [0.3, 0.4) is 0 Å². The highest BCUT2D eigenvalue weighted by molar-refractivity contribution is 5.44. The summed E-state index contributed by atoms with van der Waals surface area (Å²) in [5, 5.41) is 0. The molecular weight excluding hydrogens is 274 g/mol. The highest BCUT2D eigenvalue weighted by atomic mass is 16.5. The zero-order valence-corrected chi connectivity index (χ0v) is 13.3.